The number of anilines is 2. The van der Waals surface area contributed by atoms with E-state index in [2.05, 4.69) is 35.3 Å². The van der Waals surface area contributed by atoms with Crippen LogP contribution in [0.25, 0.3) is 17.2 Å². The van der Waals surface area contributed by atoms with Gasteiger partial charge in [-0.3, -0.25) is 9.78 Å². The standard InChI is InChI=1S/C24H23F2N9O/c1-23(26,11-25)8-7-14-21-29-12-30-35(21)10-15(31-14)19-32-18(27)17-20(33-19)34-22(36)24(17,13-5-6-13)16-4-2-3-9-28-16/h2-4,9-10,12-13H,5-8,11H2,1H3,(H3,27,32,33,34,36). The van der Waals surface area contributed by atoms with Crippen molar-refractivity contribution in [1.82, 2.24) is 34.5 Å². The quantitative estimate of drug-likeness (QED) is 0.403. The highest BCUT2D eigenvalue weighted by Crippen LogP contribution is 2.57. The Bertz CT molecular complexity index is 1490. The first-order chi connectivity index (χ1) is 17.3. The second-order valence-corrected chi connectivity index (χ2v) is 9.56. The molecule has 2 atom stereocenters. The summed E-state index contributed by atoms with van der Waals surface area (Å²) < 4.78 is 28.7. The number of nitrogens with two attached hydrogens (primary N) is 1. The van der Waals surface area contributed by atoms with Crippen molar-refractivity contribution in [2.75, 3.05) is 17.7 Å². The summed E-state index contributed by atoms with van der Waals surface area (Å²) in [5.41, 5.74) is 5.76. The van der Waals surface area contributed by atoms with Crippen LogP contribution in [0.2, 0.25) is 0 Å². The van der Waals surface area contributed by atoms with Crippen molar-refractivity contribution in [1.29, 1.82) is 0 Å². The Balaban J connectivity index is 1.46. The molecule has 6 rings (SSSR count). The number of fused-ring (bicyclic) bond motifs is 2. The Labute approximate surface area is 204 Å². The molecule has 5 heterocycles. The number of amides is 1. The van der Waals surface area contributed by atoms with Gasteiger partial charge in [0.25, 0.3) is 0 Å². The molecule has 4 aromatic rings. The van der Waals surface area contributed by atoms with Crippen LogP contribution in [0.5, 0.6) is 0 Å². The predicted octanol–water partition coefficient (Wildman–Crippen LogP) is 2.84. The zero-order valence-electron chi connectivity index (χ0n) is 19.4. The third kappa shape index (κ3) is 3.39. The highest BCUT2D eigenvalue weighted by atomic mass is 19.2. The van der Waals surface area contributed by atoms with Gasteiger partial charge in [-0.25, -0.2) is 33.2 Å². The van der Waals surface area contributed by atoms with Gasteiger partial charge in [0, 0.05) is 6.20 Å². The van der Waals surface area contributed by atoms with E-state index in [1.54, 1.807) is 18.5 Å². The van der Waals surface area contributed by atoms with E-state index in [0.29, 0.717) is 34.1 Å². The van der Waals surface area contributed by atoms with E-state index < -0.39 is 17.8 Å². The molecule has 36 heavy (non-hydrogen) atoms. The number of aryl methyl sites for hydroxylation is 1. The van der Waals surface area contributed by atoms with E-state index in [0.717, 1.165) is 12.8 Å². The fraction of sp³-hybridized carbons (Fsp3) is 0.375. The number of carbonyl (C=O) groups excluding carboxylic acids is 1. The molecule has 12 heteroatoms. The van der Waals surface area contributed by atoms with Crippen molar-refractivity contribution in [2.45, 2.75) is 43.7 Å². The number of rotatable bonds is 7. The molecule has 0 radical (unpaired) electrons. The molecular weight excluding hydrogens is 468 g/mol. The van der Waals surface area contributed by atoms with Crippen molar-refractivity contribution in [3.05, 3.63) is 53.9 Å². The first-order valence-electron chi connectivity index (χ1n) is 11.7. The minimum Gasteiger partial charge on any atom is -0.383 e. The summed E-state index contributed by atoms with van der Waals surface area (Å²) in [7, 11) is 0. The summed E-state index contributed by atoms with van der Waals surface area (Å²) in [6.07, 6.45) is 6.37. The Morgan fingerprint density at radius 1 is 1.25 bits per heavy atom. The molecule has 2 unspecified atom stereocenters. The van der Waals surface area contributed by atoms with Crippen LogP contribution in [-0.2, 0) is 16.6 Å². The second-order valence-electron chi connectivity index (χ2n) is 9.56. The smallest absolute Gasteiger partial charge is 0.242 e. The van der Waals surface area contributed by atoms with E-state index in [-0.39, 0.29) is 36.3 Å². The summed E-state index contributed by atoms with van der Waals surface area (Å²) >= 11 is 0. The van der Waals surface area contributed by atoms with E-state index in [1.165, 1.54) is 17.8 Å². The molecule has 1 fully saturated rings. The summed E-state index contributed by atoms with van der Waals surface area (Å²) in [5, 5.41) is 7.06. The fourth-order valence-electron chi connectivity index (χ4n) is 4.96. The van der Waals surface area contributed by atoms with E-state index >= 15 is 0 Å². The number of nitrogens with one attached hydrogen (secondary N) is 1. The Morgan fingerprint density at radius 2 is 2.08 bits per heavy atom. The van der Waals surface area contributed by atoms with Gasteiger partial charge < -0.3 is 11.1 Å². The summed E-state index contributed by atoms with van der Waals surface area (Å²) in [5.74, 6) is 0.460. The minimum absolute atomic E-state index is 0.0483. The third-order valence-corrected chi connectivity index (χ3v) is 6.90. The molecule has 4 aromatic heterocycles. The van der Waals surface area contributed by atoms with Gasteiger partial charge in [0.2, 0.25) is 5.91 Å². The van der Waals surface area contributed by atoms with Gasteiger partial charge in [-0.1, -0.05) is 6.07 Å². The van der Waals surface area contributed by atoms with Crippen molar-refractivity contribution in [2.24, 2.45) is 5.92 Å². The maximum atomic E-state index is 14.2. The lowest BCUT2D eigenvalue weighted by Gasteiger charge is -2.27. The minimum atomic E-state index is -1.98. The molecule has 1 aliphatic carbocycles. The van der Waals surface area contributed by atoms with E-state index in [9.17, 15) is 13.6 Å². The largest absolute Gasteiger partial charge is 0.383 e. The van der Waals surface area contributed by atoms with Gasteiger partial charge in [0.1, 0.15) is 41.4 Å². The second kappa shape index (κ2) is 7.97. The van der Waals surface area contributed by atoms with Crippen LogP contribution >= 0.6 is 0 Å². The Morgan fingerprint density at radius 3 is 2.81 bits per heavy atom. The maximum Gasteiger partial charge on any atom is 0.242 e. The maximum absolute atomic E-state index is 14.2. The van der Waals surface area contributed by atoms with E-state index in [1.807, 2.05) is 12.1 Å². The van der Waals surface area contributed by atoms with Crippen molar-refractivity contribution in [3.8, 4) is 11.5 Å². The predicted molar refractivity (Wildman–Crippen MR) is 126 cm³/mol. The SMILES string of the molecule is CC(F)(CF)CCc1nc(-c2nc(N)c3c(n2)NC(=O)C3(c2ccccn2)C2CC2)cn2ncnc12. The van der Waals surface area contributed by atoms with Crippen molar-refractivity contribution in [3.63, 3.8) is 0 Å². The van der Waals surface area contributed by atoms with Crippen LogP contribution in [0, 0.1) is 5.92 Å². The molecule has 10 nitrogen and oxygen atoms in total. The molecule has 0 saturated heterocycles. The summed E-state index contributed by atoms with van der Waals surface area (Å²) in [4.78, 5) is 35.9. The van der Waals surface area contributed by atoms with Gasteiger partial charge in [-0.05, 0) is 50.7 Å². The van der Waals surface area contributed by atoms with Crippen LogP contribution in [-0.4, -0.2) is 52.8 Å². The van der Waals surface area contributed by atoms with Crippen LogP contribution in [0.4, 0.5) is 20.4 Å². The third-order valence-electron chi connectivity index (χ3n) is 6.90. The summed E-state index contributed by atoms with van der Waals surface area (Å²) in [6, 6.07) is 5.46. The number of hydrogen-bond acceptors (Lipinski definition) is 8. The van der Waals surface area contributed by atoms with Crippen LogP contribution in [0.1, 0.15) is 43.1 Å². The zero-order chi connectivity index (χ0) is 25.1. The fourth-order valence-corrected chi connectivity index (χ4v) is 4.96. The van der Waals surface area contributed by atoms with Crippen LogP contribution < -0.4 is 11.1 Å². The van der Waals surface area contributed by atoms with Gasteiger partial charge in [-0.2, -0.15) is 5.10 Å². The number of nitrogens with zero attached hydrogens (tertiary/aromatic N) is 7. The normalized spacial score (nSPS) is 20.8. The van der Waals surface area contributed by atoms with Crippen LogP contribution in [0.3, 0.4) is 0 Å². The number of carbonyl (C=O) groups is 1. The molecule has 2 aliphatic rings. The molecule has 1 saturated carbocycles. The van der Waals surface area contributed by atoms with E-state index in [4.69, 9.17) is 5.73 Å². The van der Waals surface area contributed by atoms with Crippen molar-refractivity contribution < 1.29 is 13.6 Å². The number of alkyl halides is 2. The Hall–Kier alpha value is -4.09. The molecule has 1 amide bonds. The number of halogens is 2. The first-order valence-corrected chi connectivity index (χ1v) is 11.7. The lowest BCUT2D eigenvalue weighted by Crippen LogP contribution is -2.39. The highest BCUT2D eigenvalue weighted by Gasteiger charge is 2.60. The molecule has 3 N–H and O–H groups in total. The van der Waals surface area contributed by atoms with Gasteiger partial charge in [-0.15, -0.1) is 0 Å². The lowest BCUT2D eigenvalue weighted by molar-refractivity contribution is -0.120. The monoisotopic (exact) mass is 491 g/mol. The molecule has 0 bridgehead atoms. The topological polar surface area (TPSA) is 137 Å². The van der Waals surface area contributed by atoms with Gasteiger partial charge in [0.05, 0.1) is 23.1 Å². The molecular formula is C24H23F2N9O. The average Bonchev–Trinajstić information content (AvgIpc) is 3.52. The number of pyridine rings is 1. The molecule has 184 valence electrons. The molecule has 1 aliphatic heterocycles. The Kier molecular flexibility index (Phi) is 4.95. The number of aromatic nitrogens is 7. The number of hydrogen-bond donors (Lipinski definition) is 2. The average molecular weight is 492 g/mol. The zero-order valence-corrected chi connectivity index (χ0v) is 19.4. The van der Waals surface area contributed by atoms with Crippen LogP contribution in [0.15, 0.2) is 36.9 Å². The highest BCUT2D eigenvalue weighted by molar-refractivity contribution is 6.09. The summed E-state index contributed by atoms with van der Waals surface area (Å²) in [6.45, 7) is 0.109. The molecule has 0 aromatic carbocycles. The van der Waals surface area contributed by atoms with Gasteiger partial charge in [0.15, 0.2) is 11.5 Å². The first kappa shape index (κ1) is 22.4. The van der Waals surface area contributed by atoms with Crippen molar-refractivity contribution >= 4 is 23.2 Å². The lowest BCUT2D eigenvalue weighted by atomic mass is 9.74. The number of nitrogen functional groups attached to an aromatic ring is 1. The molecule has 0 spiro atoms. The van der Waals surface area contributed by atoms with Gasteiger partial charge >= 0.3 is 0 Å².